The first-order valence-corrected chi connectivity index (χ1v) is 7.09. The van der Waals surface area contributed by atoms with Crippen molar-refractivity contribution in [3.8, 4) is 0 Å². The van der Waals surface area contributed by atoms with Crippen LogP contribution in [0.4, 0.5) is 0 Å². The van der Waals surface area contributed by atoms with Gasteiger partial charge in [-0.05, 0) is 20.8 Å². The highest BCUT2D eigenvalue weighted by Gasteiger charge is 2.43. The monoisotopic (exact) mass is 235 g/mol. The quantitative estimate of drug-likeness (QED) is 0.639. The molecule has 0 fully saturated rings. The molecule has 1 N–H and O–H groups in total. The molecule has 0 aliphatic heterocycles. The predicted octanol–water partition coefficient (Wildman–Crippen LogP) is 1.06. The van der Waals surface area contributed by atoms with Gasteiger partial charge in [0.2, 0.25) is 5.91 Å². The Hall–Kier alpha value is -0.433. The predicted molar refractivity (Wildman–Crippen MR) is 59.1 cm³/mol. The molecule has 0 aromatic rings. The molecule has 15 heavy (non-hydrogen) atoms. The average molecular weight is 235 g/mol. The summed E-state index contributed by atoms with van der Waals surface area (Å²) < 4.78 is 16.3. The van der Waals surface area contributed by atoms with E-state index in [1.807, 2.05) is 20.8 Å². The van der Waals surface area contributed by atoms with Crippen molar-refractivity contribution in [1.82, 2.24) is 4.98 Å². The number of hydrogen-bond acceptors (Lipinski definition) is 4. The van der Waals surface area contributed by atoms with E-state index in [1.165, 1.54) is 0 Å². The lowest BCUT2D eigenvalue weighted by atomic mass is 10.5. The minimum atomic E-state index is -2.98. The number of carbonyl (C=O) groups excluding carboxylic acids is 1. The molecule has 0 aliphatic rings. The number of amides is 1. The van der Waals surface area contributed by atoms with Crippen molar-refractivity contribution in [2.45, 2.75) is 34.1 Å². The molecule has 0 spiro atoms. The van der Waals surface area contributed by atoms with Crippen LogP contribution in [0, 0.1) is 0 Å². The van der Waals surface area contributed by atoms with Crippen LogP contribution in [0.2, 0.25) is 0 Å². The molecule has 0 radical (unpaired) electrons. The van der Waals surface area contributed by atoms with Gasteiger partial charge in [-0.25, -0.2) is 0 Å². The van der Waals surface area contributed by atoms with Crippen LogP contribution in [0.15, 0.2) is 0 Å². The van der Waals surface area contributed by atoms with E-state index < -0.39 is 8.97 Å². The van der Waals surface area contributed by atoms with Crippen molar-refractivity contribution in [1.29, 1.82) is 0 Å². The molecule has 0 aromatic carbocycles. The number of rotatable bonds is 8. The van der Waals surface area contributed by atoms with Crippen LogP contribution < -0.4 is 4.98 Å². The minimum Gasteiger partial charge on any atom is -0.357 e. The van der Waals surface area contributed by atoms with Crippen LogP contribution in [-0.4, -0.2) is 34.7 Å². The van der Waals surface area contributed by atoms with E-state index in [0.717, 1.165) is 0 Å². The summed E-state index contributed by atoms with van der Waals surface area (Å²) in [5.41, 5.74) is 0. The fourth-order valence-corrected chi connectivity index (χ4v) is 3.19. The van der Waals surface area contributed by atoms with E-state index in [-0.39, 0.29) is 5.91 Å². The largest absolute Gasteiger partial charge is 0.633 e. The Labute approximate surface area is 92.5 Å². The minimum absolute atomic E-state index is 0.114. The molecular formula is C9H21NO4Si. The van der Waals surface area contributed by atoms with Gasteiger partial charge in [-0.3, -0.25) is 4.79 Å². The van der Waals surface area contributed by atoms with E-state index in [1.54, 1.807) is 6.92 Å². The zero-order chi connectivity index (χ0) is 11.7. The van der Waals surface area contributed by atoms with Crippen LogP contribution in [0.5, 0.6) is 0 Å². The van der Waals surface area contributed by atoms with Gasteiger partial charge in [-0.2, -0.15) is 0 Å². The first kappa shape index (κ1) is 14.6. The summed E-state index contributed by atoms with van der Waals surface area (Å²) >= 11 is 0. The molecule has 5 nitrogen and oxygen atoms in total. The third kappa shape index (κ3) is 5.27. The first-order chi connectivity index (χ1) is 7.14. The van der Waals surface area contributed by atoms with Crippen molar-refractivity contribution in [2.24, 2.45) is 0 Å². The van der Waals surface area contributed by atoms with Gasteiger partial charge in [0, 0.05) is 26.2 Å². The van der Waals surface area contributed by atoms with Gasteiger partial charge < -0.3 is 18.3 Å². The molecular weight excluding hydrogens is 214 g/mol. The molecule has 0 rings (SSSR count). The highest BCUT2D eigenvalue weighted by molar-refractivity contribution is 6.60. The van der Waals surface area contributed by atoms with E-state index in [2.05, 4.69) is 4.98 Å². The van der Waals surface area contributed by atoms with Crippen molar-refractivity contribution in [3.63, 3.8) is 0 Å². The summed E-state index contributed by atoms with van der Waals surface area (Å²) in [6.45, 7) is 8.68. The molecule has 6 heteroatoms. The number of nitrogens with one attached hydrogen (secondary N) is 1. The van der Waals surface area contributed by atoms with Gasteiger partial charge in [0.1, 0.15) is 0 Å². The second-order valence-electron chi connectivity index (χ2n) is 2.76. The first-order valence-electron chi connectivity index (χ1n) is 5.36. The van der Waals surface area contributed by atoms with Crippen LogP contribution in [0.3, 0.4) is 0 Å². The third-order valence-corrected chi connectivity index (χ3v) is 4.21. The van der Waals surface area contributed by atoms with Gasteiger partial charge in [-0.1, -0.05) is 6.92 Å². The molecule has 0 heterocycles. The van der Waals surface area contributed by atoms with Crippen LogP contribution in [0.1, 0.15) is 34.1 Å². The van der Waals surface area contributed by atoms with Crippen molar-refractivity contribution >= 4 is 14.9 Å². The summed E-state index contributed by atoms with van der Waals surface area (Å²) in [5.74, 6) is -0.114. The molecule has 0 aromatic heterocycles. The normalized spacial score (nSPS) is 11.5. The van der Waals surface area contributed by atoms with Crippen molar-refractivity contribution in [2.75, 3.05) is 19.8 Å². The molecule has 0 saturated heterocycles. The Morgan fingerprint density at radius 1 is 1.00 bits per heavy atom. The Bertz CT molecular complexity index is 172. The van der Waals surface area contributed by atoms with Gasteiger partial charge >= 0.3 is 8.97 Å². The second kappa shape index (κ2) is 7.81. The van der Waals surface area contributed by atoms with Gasteiger partial charge in [0.25, 0.3) is 0 Å². The van der Waals surface area contributed by atoms with Gasteiger partial charge in [-0.15, -0.1) is 0 Å². The zero-order valence-corrected chi connectivity index (χ0v) is 11.0. The smallest absolute Gasteiger partial charge is 0.357 e. The standard InChI is InChI=1S/C9H21NO4Si/c1-5-9(11)10-15(12-6-2,13-7-3)14-8-4/h5-8H2,1-4H3,(H,10,11). The summed E-state index contributed by atoms with van der Waals surface area (Å²) in [7, 11) is -2.98. The van der Waals surface area contributed by atoms with Crippen molar-refractivity contribution < 1.29 is 18.1 Å². The molecule has 0 bridgehead atoms. The molecule has 0 aliphatic carbocycles. The lowest BCUT2D eigenvalue weighted by Crippen LogP contribution is -2.61. The topological polar surface area (TPSA) is 56.8 Å². The summed E-state index contributed by atoms with van der Waals surface area (Å²) in [6.07, 6.45) is 0.391. The highest BCUT2D eigenvalue weighted by Crippen LogP contribution is 2.06. The maximum absolute atomic E-state index is 11.3. The molecule has 0 saturated carbocycles. The van der Waals surface area contributed by atoms with E-state index >= 15 is 0 Å². The van der Waals surface area contributed by atoms with E-state index in [9.17, 15) is 4.79 Å². The lowest BCUT2D eigenvalue weighted by Gasteiger charge is -2.27. The Balaban J connectivity index is 4.51. The summed E-state index contributed by atoms with van der Waals surface area (Å²) in [6, 6.07) is 0. The zero-order valence-electron chi connectivity index (χ0n) is 9.96. The van der Waals surface area contributed by atoms with E-state index in [0.29, 0.717) is 26.2 Å². The van der Waals surface area contributed by atoms with Crippen LogP contribution in [-0.2, 0) is 18.1 Å². The van der Waals surface area contributed by atoms with Crippen molar-refractivity contribution in [3.05, 3.63) is 0 Å². The Morgan fingerprint density at radius 2 is 1.40 bits per heavy atom. The number of hydrogen-bond donors (Lipinski definition) is 1. The molecule has 1 amide bonds. The summed E-state index contributed by atoms with van der Waals surface area (Å²) in [5, 5.41) is 0. The SMILES string of the molecule is CCO[Si](NC(=O)CC)(OCC)OCC. The summed E-state index contributed by atoms with van der Waals surface area (Å²) in [4.78, 5) is 14.1. The Morgan fingerprint density at radius 3 is 1.67 bits per heavy atom. The fraction of sp³-hybridized carbons (Fsp3) is 0.889. The maximum atomic E-state index is 11.3. The molecule has 90 valence electrons. The van der Waals surface area contributed by atoms with Gasteiger partial charge in [0.15, 0.2) is 0 Å². The highest BCUT2D eigenvalue weighted by atomic mass is 28.4. The maximum Gasteiger partial charge on any atom is 0.633 e. The molecule has 0 atom stereocenters. The van der Waals surface area contributed by atoms with Crippen LogP contribution >= 0.6 is 0 Å². The van der Waals surface area contributed by atoms with E-state index in [4.69, 9.17) is 13.3 Å². The lowest BCUT2D eigenvalue weighted by molar-refractivity contribution is -0.120. The van der Waals surface area contributed by atoms with Gasteiger partial charge in [0.05, 0.1) is 0 Å². The number of carbonyl (C=O) groups is 1. The average Bonchev–Trinajstić information content (AvgIpc) is 2.18. The fourth-order valence-electron chi connectivity index (χ4n) is 1.06. The molecule has 0 unspecified atom stereocenters. The Kier molecular flexibility index (Phi) is 7.58. The second-order valence-corrected chi connectivity index (χ2v) is 4.99. The van der Waals surface area contributed by atoms with Crippen LogP contribution in [0.25, 0.3) is 0 Å². The third-order valence-electron chi connectivity index (χ3n) is 1.62.